The average Bonchev–Trinajstić information content (AvgIpc) is 2.80. The van der Waals surface area contributed by atoms with Crippen molar-refractivity contribution in [2.45, 2.75) is 96.7 Å². The number of hydrogen-bond acceptors (Lipinski definition) is 9. The first-order valence-electron chi connectivity index (χ1n) is 12.1. The van der Waals surface area contributed by atoms with Crippen molar-refractivity contribution >= 4 is 19.8 Å². The molecular weight excluding hydrogens is 467 g/mol. The van der Waals surface area contributed by atoms with Crippen molar-refractivity contribution in [2.24, 2.45) is 0 Å². The summed E-state index contributed by atoms with van der Waals surface area (Å²) in [7, 11) is -4.57. The van der Waals surface area contributed by atoms with Crippen LogP contribution in [0, 0.1) is 0 Å². The summed E-state index contributed by atoms with van der Waals surface area (Å²) in [5.74, 6) is -1.00. The Labute approximate surface area is 203 Å². The second-order valence-electron chi connectivity index (χ2n) is 8.01. The van der Waals surface area contributed by atoms with Gasteiger partial charge in [0.25, 0.3) is 0 Å². The number of ether oxygens (including phenoxy) is 2. The number of phosphoric acid groups is 1. The van der Waals surface area contributed by atoms with Crippen LogP contribution < -0.4 is 0 Å². The van der Waals surface area contributed by atoms with Crippen LogP contribution in [-0.2, 0) is 32.7 Å². The fourth-order valence-electron chi connectivity index (χ4n) is 2.73. The molecule has 0 aromatic heterocycles. The molecule has 34 heavy (non-hydrogen) atoms. The third-order valence-corrected chi connectivity index (χ3v) is 5.57. The highest BCUT2D eigenvalue weighted by atomic mass is 31.2. The Morgan fingerprint density at radius 3 is 2.18 bits per heavy atom. The van der Waals surface area contributed by atoms with Crippen LogP contribution in [0.1, 0.15) is 84.5 Å². The summed E-state index contributed by atoms with van der Waals surface area (Å²) in [6.45, 7) is 1.83. The molecule has 0 spiro atoms. The molecule has 0 bridgehead atoms. The van der Waals surface area contributed by atoms with Crippen LogP contribution in [0.15, 0.2) is 12.2 Å². The first kappa shape index (κ1) is 32.7. The Balaban J connectivity index is 4.39. The van der Waals surface area contributed by atoms with Crippen LogP contribution in [0.25, 0.3) is 0 Å². The predicted octanol–water partition coefficient (Wildman–Crippen LogP) is 3.82. The maximum Gasteiger partial charge on any atom is 0.472 e. The highest BCUT2D eigenvalue weighted by Crippen LogP contribution is 2.43. The Bertz CT molecular complexity index is 611. The van der Waals surface area contributed by atoms with E-state index < -0.39 is 51.8 Å². The van der Waals surface area contributed by atoms with E-state index >= 15 is 0 Å². The lowest BCUT2D eigenvalue weighted by Gasteiger charge is -2.20. The average molecular weight is 511 g/mol. The van der Waals surface area contributed by atoms with E-state index in [1.165, 1.54) is 0 Å². The summed E-state index contributed by atoms with van der Waals surface area (Å²) in [6.07, 6.45) is 11.0. The number of esters is 2. The van der Waals surface area contributed by atoms with Crippen LogP contribution >= 0.6 is 7.82 Å². The number of aliphatic hydroxyl groups excluding tert-OH is 2. The van der Waals surface area contributed by atoms with Gasteiger partial charge in [0, 0.05) is 12.8 Å². The van der Waals surface area contributed by atoms with E-state index in [4.69, 9.17) is 19.1 Å². The molecule has 0 saturated carbocycles. The molecule has 0 aromatic carbocycles. The monoisotopic (exact) mass is 510 g/mol. The summed E-state index contributed by atoms with van der Waals surface area (Å²) in [6, 6.07) is 0. The molecule has 3 unspecified atom stereocenters. The van der Waals surface area contributed by atoms with E-state index in [-0.39, 0.29) is 19.4 Å². The van der Waals surface area contributed by atoms with Crippen molar-refractivity contribution in [3.8, 4) is 0 Å². The highest BCUT2D eigenvalue weighted by molar-refractivity contribution is 7.47. The van der Waals surface area contributed by atoms with Crippen LogP contribution in [-0.4, -0.2) is 65.7 Å². The molecule has 0 aromatic rings. The second kappa shape index (κ2) is 21.0. The van der Waals surface area contributed by atoms with E-state index in [0.29, 0.717) is 12.8 Å². The van der Waals surface area contributed by atoms with Gasteiger partial charge in [-0.3, -0.25) is 18.6 Å². The molecule has 10 nitrogen and oxygen atoms in total. The van der Waals surface area contributed by atoms with Crippen molar-refractivity contribution in [3.63, 3.8) is 0 Å². The van der Waals surface area contributed by atoms with Crippen molar-refractivity contribution in [2.75, 3.05) is 26.4 Å². The van der Waals surface area contributed by atoms with Gasteiger partial charge in [-0.05, 0) is 32.1 Å². The van der Waals surface area contributed by atoms with Gasteiger partial charge in [-0.1, -0.05) is 51.7 Å². The molecule has 0 fully saturated rings. The molecule has 0 aliphatic heterocycles. The molecular formula is C23H43O10P. The minimum atomic E-state index is -4.57. The van der Waals surface area contributed by atoms with Gasteiger partial charge in [0.2, 0.25) is 0 Å². The van der Waals surface area contributed by atoms with Crippen molar-refractivity contribution in [3.05, 3.63) is 12.2 Å². The number of unbranched alkanes of at least 4 members (excludes halogenated alkanes) is 6. The van der Waals surface area contributed by atoms with Crippen molar-refractivity contribution in [1.82, 2.24) is 0 Å². The van der Waals surface area contributed by atoms with Gasteiger partial charge in [-0.15, -0.1) is 0 Å². The lowest BCUT2D eigenvalue weighted by molar-refractivity contribution is -0.161. The van der Waals surface area contributed by atoms with Gasteiger partial charge in [0.15, 0.2) is 6.10 Å². The standard InChI is InChI=1S/C23H43O10P/c1-3-5-6-7-8-9-10-11-12-13-15-23(27)33-21(18-30-22(26)14-4-2)19-32-34(28,29)31-17-20(25)16-24/h6-7,20-21,24-25H,3-5,8-19H2,1-2H3,(H,28,29)/b7-6-. The Hall–Kier alpha value is -1.29. The van der Waals surface area contributed by atoms with Crippen LogP contribution in [0.3, 0.4) is 0 Å². The van der Waals surface area contributed by atoms with E-state index in [1.807, 2.05) is 6.92 Å². The number of rotatable bonds is 22. The molecule has 0 radical (unpaired) electrons. The van der Waals surface area contributed by atoms with Gasteiger partial charge < -0.3 is 24.6 Å². The predicted molar refractivity (Wildman–Crippen MR) is 127 cm³/mol. The van der Waals surface area contributed by atoms with Crippen LogP contribution in [0.4, 0.5) is 0 Å². The smallest absolute Gasteiger partial charge is 0.462 e. The topological polar surface area (TPSA) is 149 Å². The molecule has 3 N–H and O–H groups in total. The lowest BCUT2D eigenvalue weighted by atomic mass is 10.1. The van der Waals surface area contributed by atoms with E-state index in [1.54, 1.807) is 0 Å². The van der Waals surface area contributed by atoms with Crippen LogP contribution in [0.2, 0.25) is 0 Å². The van der Waals surface area contributed by atoms with Gasteiger partial charge in [-0.2, -0.15) is 0 Å². The zero-order chi connectivity index (χ0) is 25.7. The first-order chi connectivity index (χ1) is 16.2. The fourth-order valence-corrected chi connectivity index (χ4v) is 3.52. The summed E-state index contributed by atoms with van der Waals surface area (Å²) >= 11 is 0. The SMILES string of the molecule is CCC/C=C\CCCCCCCC(=O)OC(COC(=O)CCC)COP(=O)(O)OCC(O)CO. The molecule has 0 amide bonds. The van der Waals surface area contributed by atoms with Crippen LogP contribution in [0.5, 0.6) is 0 Å². The molecule has 11 heteroatoms. The van der Waals surface area contributed by atoms with Gasteiger partial charge in [-0.25, -0.2) is 4.57 Å². The van der Waals surface area contributed by atoms with E-state index in [2.05, 4.69) is 23.6 Å². The fraction of sp³-hybridized carbons (Fsp3) is 0.826. The quantitative estimate of drug-likeness (QED) is 0.0849. The number of carbonyl (C=O) groups is 2. The summed E-state index contributed by atoms with van der Waals surface area (Å²) in [5.41, 5.74) is 0. The molecule has 0 heterocycles. The summed E-state index contributed by atoms with van der Waals surface area (Å²) < 4.78 is 31.6. The maximum absolute atomic E-state index is 12.2. The van der Waals surface area contributed by atoms with Crippen molar-refractivity contribution < 1.29 is 47.8 Å². The van der Waals surface area contributed by atoms with Crippen molar-refractivity contribution in [1.29, 1.82) is 0 Å². The second-order valence-corrected chi connectivity index (χ2v) is 9.46. The summed E-state index contributed by atoms with van der Waals surface area (Å²) in [5, 5.41) is 17.9. The molecule has 0 saturated heterocycles. The normalized spacial score (nSPS) is 15.1. The molecule has 0 aliphatic rings. The highest BCUT2D eigenvalue weighted by Gasteiger charge is 2.27. The zero-order valence-electron chi connectivity index (χ0n) is 20.6. The summed E-state index contributed by atoms with van der Waals surface area (Å²) in [4.78, 5) is 33.5. The molecule has 0 rings (SSSR count). The van der Waals surface area contributed by atoms with E-state index in [9.17, 15) is 24.2 Å². The van der Waals surface area contributed by atoms with Gasteiger partial charge in [0.1, 0.15) is 12.7 Å². The number of aliphatic hydroxyl groups is 2. The Kier molecular flexibility index (Phi) is 20.2. The minimum absolute atomic E-state index is 0.172. The molecule has 200 valence electrons. The first-order valence-corrected chi connectivity index (χ1v) is 13.6. The molecule has 3 atom stereocenters. The largest absolute Gasteiger partial charge is 0.472 e. The third kappa shape index (κ3) is 20.1. The van der Waals surface area contributed by atoms with Gasteiger partial charge in [0.05, 0.1) is 19.8 Å². The molecule has 0 aliphatic carbocycles. The lowest BCUT2D eigenvalue weighted by Crippen LogP contribution is -2.29. The minimum Gasteiger partial charge on any atom is -0.462 e. The maximum atomic E-state index is 12.2. The number of allylic oxidation sites excluding steroid dienone is 2. The number of carbonyl (C=O) groups excluding carboxylic acids is 2. The van der Waals surface area contributed by atoms with Gasteiger partial charge >= 0.3 is 19.8 Å². The number of hydrogen-bond donors (Lipinski definition) is 3. The zero-order valence-corrected chi connectivity index (χ0v) is 21.5. The Morgan fingerprint density at radius 2 is 1.50 bits per heavy atom. The third-order valence-electron chi connectivity index (χ3n) is 4.62. The number of phosphoric ester groups is 1. The Morgan fingerprint density at radius 1 is 0.853 bits per heavy atom. The van der Waals surface area contributed by atoms with E-state index in [0.717, 1.165) is 44.9 Å².